The van der Waals surface area contributed by atoms with E-state index >= 15 is 0 Å². The maximum atomic E-state index is 11.5. The van der Waals surface area contributed by atoms with Crippen LogP contribution in [0.5, 0.6) is 0 Å². The highest BCUT2D eigenvalue weighted by molar-refractivity contribution is 5.92. The average Bonchev–Trinajstić information content (AvgIpc) is 1.57. The first-order valence-corrected chi connectivity index (χ1v) is 48.4. The molecule has 40 unspecified atom stereocenters. The van der Waals surface area contributed by atoms with Gasteiger partial charge in [-0.05, 0) is 377 Å². The van der Waals surface area contributed by atoms with Crippen LogP contribution >= 0.6 is 0 Å². The minimum absolute atomic E-state index is 0.318. The van der Waals surface area contributed by atoms with Crippen LogP contribution in [0.1, 0.15) is 150 Å². The van der Waals surface area contributed by atoms with Crippen molar-refractivity contribution in [3.05, 3.63) is 345 Å². The van der Waals surface area contributed by atoms with Crippen LogP contribution in [0, 0.1) is 237 Å². The van der Waals surface area contributed by atoms with Crippen LogP contribution in [0.4, 0.5) is 0 Å². The normalized spacial score (nSPS) is 44.6. The van der Waals surface area contributed by atoms with Crippen molar-refractivity contribution < 1.29 is 19.4 Å². The molecule has 2 aromatic rings. The van der Waals surface area contributed by atoms with Crippen molar-refractivity contribution in [2.45, 2.75) is 129 Å². The highest BCUT2D eigenvalue weighted by Gasteiger charge is 2.59. The lowest BCUT2D eigenvalue weighted by molar-refractivity contribution is -0.187. The van der Waals surface area contributed by atoms with Gasteiger partial charge < -0.3 is 0 Å². The Morgan fingerprint density at radius 1 is 0.287 bits per heavy atom. The molecule has 16 aliphatic carbocycles. The Morgan fingerprint density at radius 3 is 1.14 bits per heavy atom. The summed E-state index contributed by atoms with van der Waals surface area (Å²) in [4.78, 5) is 31.9. The first-order valence-electron chi connectivity index (χ1n) is 48.4. The predicted octanol–water partition coefficient (Wildman–Crippen LogP) is 29.3. The van der Waals surface area contributed by atoms with Crippen LogP contribution in [-0.2, 0) is 9.78 Å². The molecule has 0 spiro atoms. The molecule has 4 heteroatoms. The molecule has 0 radical (unpaired) electrons. The van der Waals surface area contributed by atoms with Crippen LogP contribution < -0.4 is 0 Å². The van der Waals surface area contributed by atoms with Gasteiger partial charge in [-0.1, -0.05) is 245 Å². The minimum atomic E-state index is -0.708. The van der Waals surface area contributed by atoms with Gasteiger partial charge in [0.2, 0.25) is 0 Å². The van der Waals surface area contributed by atoms with Crippen LogP contribution in [0.25, 0.3) is 0 Å². The zero-order chi connectivity index (χ0) is 85.2. The molecular weight excluding hydrogens is 1480 g/mol. The Labute approximate surface area is 737 Å². The molecule has 2 aromatic carbocycles. The average molecular weight is 1630 g/mol. The third kappa shape index (κ3) is 18.3. The van der Waals surface area contributed by atoms with Gasteiger partial charge in [0, 0.05) is 0 Å². The van der Waals surface area contributed by atoms with Crippen molar-refractivity contribution in [1.29, 1.82) is 0 Å². The lowest BCUT2D eigenvalue weighted by Crippen LogP contribution is -2.27. The Morgan fingerprint density at radius 2 is 0.648 bits per heavy atom. The largest absolute Gasteiger partial charge is 0.386 e. The molecule has 40 atom stereocenters. The van der Waals surface area contributed by atoms with Crippen LogP contribution in [0.3, 0.4) is 0 Å². The van der Waals surface area contributed by atoms with Gasteiger partial charge in [-0.2, -0.15) is 0 Å². The SMILES string of the molecule is C1=CC2C3C=CC(C3)C2C1.C=CC1CC(/C=C\C2CC(C=C)C(C=C)C2C/C=C\CC2C(/C=C\C3CC(C=C)C4CC=CC34)CC(C=C)C2C=C)C2CC=CC12.C=CC1CC2/C=C\C3CC(C=C)C4C(C)C(CC34)C3CC4C(C=C)CC(/C=C\C5CC(C=C)C(C=C)C5C/C=C\CC2C1C=C)C4C3C.O=C(OOC(=O)c1ccccc1)c1ccccc1. The standard InChI is InChI=1S/C48H66.C46H60.C14H10O4.C10H12/c1-9-31-23-35-19-20-37-26-34(12-4)47-29(7)44(28-46(37)47)43-27-45-33(11-3)25-38(48(45)30(43)8)22-21-36-24-32(10-2)40(14-6)42(36)18-16-15-17-41(35)39(31)13-5;1-7-31-27-35(23-25-37-29-33(9-3)41-19-15-21-45(37)41)43(39(31)11-5)17-13-14-18-44-36(28-32(8-2)40(44)12-6)24-26-38-30-34(10-4)42-20-16-22-46(38)42;15-13(11-7-3-1-4-8-11)17-18-14(16)12-9-5-2-6-10-12;1-2-9-7-4-5-8(6-7)10(9)3-1/h9-16,19-22,29-48H,1-6,17-18,23-28H2,7-8H3;7-16,19,22-26,31-46H,1-6,17-18,20-21,27-30H2;1-10H;1-2,4-5,7-10H,3,6H2/b16-15-,20-19-,22-21-;14-13-,25-23-,26-24-;;. The molecule has 0 amide bonds. The van der Waals surface area contributed by atoms with Crippen molar-refractivity contribution >= 4 is 11.9 Å². The molecule has 0 saturated heterocycles. The molecule has 122 heavy (non-hydrogen) atoms. The fourth-order valence-electron chi connectivity index (χ4n) is 30.0. The highest BCUT2D eigenvalue weighted by Crippen LogP contribution is 2.66. The minimum Gasteiger partial charge on any atom is -0.242 e. The van der Waals surface area contributed by atoms with Crippen molar-refractivity contribution in [2.24, 2.45) is 237 Å². The highest BCUT2D eigenvalue weighted by atomic mass is 17.2. The predicted molar refractivity (Wildman–Crippen MR) is 512 cm³/mol. The van der Waals surface area contributed by atoms with E-state index in [-0.39, 0.29) is 0 Å². The van der Waals surface area contributed by atoms with E-state index in [9.17, 15) is 9.59 Å². The molecule has 6 bridgehead atoms. The quantitative estimate of drug-likeness (QED) is 0.0670. The van der Waals surface area contributed by atoms with Crippen molar-refractivity contribution in [3.8, 4) is 0 Å². The molecular formula is C118H148O4. The lowest BCUT2D eigenvalue weighted by atomic mass is 9.72. The summed E-state index contributed by atoms with van der Waals surface area (Å²) in [5.74, 6) is 26.0. The van der Waals surface area contributed by atoms with E-state index in [4.69, 9.17) is 0 Å². The molecule has 16 aliphatic rings. The monoisotopic (exact) mass is 1630 g/mol. The zero-order valence-corrected chi connectivity index (χ0v) is 74.2. The number of carbonyl (C=O) groups is 2. The van der Waals surface area contributed by atoms with Gasteiger partial charge >= 0.3 is 11.9 Å². The van der Waals surface area contributed by atoms with E-state index in [1.165, 1.54) is 89.9 Å². The second-order valence-corrected chi connectivity index (χ2v) is 40.9. The Balaban J connectivity index is 0.000000144. The van der Waals surface area contributed by atoms with Gasteiger partial charge in [-0.15, -0.1) is 78.9 Å². The van der Waals surface area contributed by atoms with Gasteiger partial charge in [-0.3, -0.25) is 0 Å². The van der Waals surface area contributed by atoms with E-state index in [1.807, 2.05) is 0 Å². The first-order chi connectivity index (χ1) is 59.6. The molecule has 0 aliphatic heterocycles. The maximum absolute atomic E-state index is 11.5. The van der Waals surface area contributed by atoms with E-state index in [2.05, 4.69) is 297 Å². The Hall–Kier alpha value is -8.34. The van der Waals surface area contributed by atoms with Gasteiger partial charge in [0.15, 0.2) is 0 Å². The number of allylic oxidation sites excluding steroid dienone is 32. The number of benzene rings is 2. The van der Waals surface area contributed by atoms with Crippen molar-refractivity contribution in [3.63, 3.8) is 0 Å². The van der Waals surface area contributed by atoms with Gasteiger partial charge in [0.1, 0.15) is 0 Å². The summed E-state index contributed by atoms with van der Waals surface area (Å²) in [7, 11) is 0. The third-order valence-corrected chi connectivity index (χ3v) is 36.0. The Kier molecular flexibility index (Phi) is 29.6. The fraction of sp³-hybridized carbons (Fsp3) is 0.508. The van der Waals surface area contributed by atoms with Crippen LogP contribution in [0.15, 0.2) is 334 Å². The molecule has 18 rings (SSSR count). The second kappa shape index (κ2) is 40.8. The molecule has 0 heterocycles. The van der Waals surface area contributed by atoms with E-state index in [0.29, 0.717) is 165 Å². The first kappa shape index (κ1) is 88.5. The number of hydrogen-bond donors (Lipinski definition) is 0. The number of hydrogen-bond acceptors (Lipinski definition) is 4. The smallest absolute Gasteiger partial charge is 0.242 e. The van der Waals surface area contributed by atoms with Gasteiger partial charge in [-0.25, -0.2) is 19.4 Å². The van der Waals surface area contributed by atoms with E-state index in [0.717, 1.165) is 109 Å². The molecule has 0 N–H and O–H groups in total. The Bertz CT molecular complexity index is 4310. The topological polar surface area (TPSA) is 52.6 Å². The summed E-state index contributed by atoms with van der Waals surface area (Å²) < 4.78 is 0. The van der Waals surface area contributed by atoms with Crippen molar-refractivity contribution in [1.82, 2.24) is 0 Å². The fourth-order valence-corrected chi connectivity index (χ4v) is 30.0. The summed E-state index contributed by atoms with van der Waals surface area (Å²) in [6.07, 6.45) is 100. The van der Waals surface area contributed by atoms with E-state index in [1.54, 1.807) is 60.7 Å². The maximum Gasteiger partial charge on any atom is 0.386 e. The molecule has 0 aromatic heterocycles. The van der Waals surface area contributed by atoms with Gasteiger partial charge in [0.25, 0.3) is 0 Å². The van der Waals surface area contributed by atoms with E-state index < -0.39 is 11.9 Å². The van der Waals surface area contributed by atoms with Crippen molar-refractivity contribution in [2.75, 3.05) is 0 Å². The lowest BCUT2D eigenvalue weighted by Gasteiger charge is -2.33. The summed E-state index contributed by atoms with van der Waals surface area (Å²) in [5, 5.41) is 0. The summed E-state index contributed by atoms with van der Waals surface area (Å²) in [6.45, 7) is 56.7. The molecule has 644 valence electrons. The summed E-state index contributed by atoms with van der Waals surface area (Å²) in [6, 6.07) is 16.6. The summed E-state index contributed by atoms with van der Waals surface area (Å²) in [5.41, 5.74) is 0.636. The molecule has 4 nitrogen and oxygen atoms in total. The number of carbonyl (C=O) groups excluding carboxylic acids is 2. The van der Waals surface area contributed by atoms with Crippen LogP contribution in [-0.4, -0.2) is 11.9 Å². The second-order valence-electron chi connectivity index (χ2n) is 40.9. The third-order valence-electron chi connectivity index (χ3n) is 36.0. The number of rotatable bonds is 22. The van der Waals surface area contributed by atoms with Gasteiger partial charge in [0.05, 0.1) is 11.1 Å². The molecule has 11 fully saturated rings. The number of fused-ring (bicyclic) bond motifs is 12. The summed E-state index contributed by atoms with van der Waals surface area (Å²) >= 11 is 0. The van der Waals surface area contributed by atoms with Crippen LogP contribution in [0.2, 0.25) is 0 Å². The zero-order valence-electron chi connectivity index (χ0n) is 74.2. The molecule has 11 saturated carbocycles.